The van der Waals surface area contributed by atoms with Gasteiger partial charge in [0, 0.05) is 17.4 Å². The standard InChI is InChI=1S/C14H13FN2O3/c1-20-9-3-4-11(15)13(7-9)17-8-2-5-12(16)10(6-8)14(18)19/h2-7,17H,16H2,1H3,(H,18,19). The van der Waals surface area contributed by atoms with Crippen LogP contribution in [0.3, 0.4) is 0 Å². The van der Waals surface area contributed by atoms with Gasteiger partial charge in [-0.2, -0.15) is 0 Å². The first-order valence-corrected chi connectivity index (χ1v) is 5.74. The quantitative estimate of drug-likeness (QED) is 0.748. The highest BCUT2D eigenvalue weighted by Crippen LogP contribution is 2.26. The largest absolute Gasteiger partial charge is 0.497 e. The molecule has 20 heavy (non-hydrogen) atoms. The second kappa shape index (κ2) is 5.48. The van der Waals surface area contributed by atoms with E-state index < -0.39 is 11.8 Å². The van der Waals surface area contributed by atoms with Gasteiger partial charge >= 0.3 is 5.97 Å². The molecule has 2 aromatic rings. The summed E-state index contributed by atoms with van der Waals surface area (Å²) >= 11 is 0. The van der Waals surface area contributed by atoms with Crippen LogP contribution in [0, 0.1) is 5.82 Å². The van der Waals surface area contributed by atoms with Crippen molar-refractivity contribution in [3.05, 3.63) is 47.8 Å². The Morgan fingerprint density at radius 1 is 1.30 bits per heavy atom. The van der Waals surface area contributed by atoms with Gasteiger partial charge in [-0.05, 0) is 30.3 Å². The van der Waals surface area contributed by atoms with Gasteiger partial charge in [-0.1, -0.05) is 0 Å². The maximum Gasteiger partial charge on any atom is 0.337 e. The summed E-state index contributed by atoms with van der Waals surface area (Å²) in [6, 6.07) is 8.59. The van der Waals surface area contributed by atoms with Crippen molar-refractivity contribution in [2.24, 2.45) is 0 Å². The van der Waals surface area contributed by atoms with Gasteiger partial charge in [-0.3, -0.25) is 0 Å². The van der Waals surface area contributed by atoms with Gasteiger partial charge in [0.2, 0.25) is 0 Å². The number of aromatic carboxylic acids is 1. The minimum Gasteiger partial charge on any atom is -0.497 e. The molecule has 0 amide bonds. The zero-order valence-corrected chi connectivity index (χ0v) is 10.7. The van der Waals surface area contributed by atoms with Gasteiger partial charge in [-0.15, -0.1) is 0 Å². The molecule has 0 atom stereocenters. The van der Waals surface area contributed by atoms with Gasteiger partial charge in [0.1, 0.15) is 11.6 Å². The van der Waals surface area contributed by atoms with Crippen LogP contribution in [0.25, 0.3) is 0 Å². The zero-order valence-electron chi connectivity index (χ0n) is 10.7. The Bertz CT molecular complexity index is 659. The molecule has 6 heteroatoms. The Morgan fingerprint density at radius 3 is 2.70 bits per heavy atom. The number of carboxylic acids is 1. The fourth-order valence-corrected chi connectivity index (χ4v) is 1.70. The third kappa shape index (κ3) is 2.80. The lowest BCUT2D eigenvalue weighted by molar-refractivity contribution is 0.0698. The smallest absolute Gasteiger partial charge is 0.337 e. The average Bonchev–Trinajstić information content (AvgIpc) is 2.43. The van der Waals surface area contributed by atoms with Crippen LogP contribution in [-0.4, -0.2) is 18.2 Å². The fraction of sp³-hybridized carbons (Fsp3) is 0.0714. The van der Waals surface area contributed by atoms with Gasteiger partial charge in [0.25, 0.3) is 0 Å². The van der Waals surface area contributed by atoms with E-state index in [9.17, 15) is 9.18 Å². The summed E-state index contributed by atoms with van der Waals surface area (Å²) in [5.74, 6) is -1.13. The second-order valence-corrected chi connectivity index (χ2v) is 4.08. The molecule has 0 spiro atoms. The molecule has 0 unspecified atom stereocenters. The summed E-state index contributed by atoms with van der Waals surface area (Å²) in [6.45, 7) is 0. The Hall–Kier alpha value is -2.76. The van der Waals surface area contributed by atoms with Crippen LogP contribution >= 0.6 is 0 Å². The number of hydrogen-bond donors (Lipinski definition) is 3. The molecule has 0 fully saturated rings. The first-order valence-electron chi connectivity index (χ1n) is 5.74. The predicted molar refractivity (Wildman–Crippen MR) is 74.0 cm³/mol. The first kappa shape index (κ1) is 13.7. The molecule has 4 N–H and O–H groups in total. The van der Waals surface area contributed by atoms with E-state index >= 15 is 0 Å². The van der Waals surface area contributed by atoms with E-state index in [4.69, 9.17) is 15.6 Å². The second-order valence-electron chi connectivity index (χ2n) is 4.08. The van der Waals surface area contributed by atoms with Gasteiger partial charge < -0.3 is 20.9 Å². The van der Waals surface area contributed by atoms with E-state index in [2.05, 4.69) is 5.32 Å². The number of benzene rings is 2. The molecule has 0 bridgehead atoms. The molecule has 0 aromatic heterocycles. The minimum absolute atomic E-state index is 0.0432. The van der Waals surface area contributed by atoms with Crippen LogP contribution in [0.1, 0.15) is 10.4 Å². The number of carbonyl (C=O) groups is 1. The number of halogens is 1. The van der Waals surface area contributed by atoms with Crippen LogP contribution in [0.5, 0.6) is 5.75 Å². The topological polar surface area (TPSA) is 84.6 Å². The molecule has 0 aliphatic rings. The number of ether oxygens (including phenoxy) is 1. The number of rotatable bonds is 4. The number of nitrogen functional groups attached to an aromatic ring is 1. The highest BCUT2D eigenvalue weighted by Gasteiger charge is 2.10. The third-order valence-corrected chi connectivity index (χ3v) is 2.74. The molecule has 104 valence electrons. The summed E-state index contributed by atoms with van der Waals surface area (Å²) < 4.78 is 18.7. The number of methoxy groups -OCH3 is 1. The van der Waals surface area contributed by atoms with E-state index in [1.54, 1.807) is 6.07 Å². The summed E-state index contributed by atoms with van der Waals surface area (Å²) in [6.07, 6.45) is 0. The predicted octanol–water partition coefficient (Wildman–Crippen LogP) is 2.86. The Labute approximate surface area is 114 Å². The number of anilines is 3. The zero-order chi connectivity index (χ0) is 14.7. The van der Waals surface area contributed by atoms with Gasteiger partial charge in [0.15, 0.2) is 0 Å². The van der Waals surface area contributed by atoms with E-state index in [1.165, 1.54) is 37.4 Å². The highest BCUT2D eigenvalue weighted by molar-refractivity contribution is 5.95. The lowest BCUT2D eigenvalue weighted by atomic mass is 10.1. The average molecular weight is 276 g/mol. The van der Waals surface area contributed by atoms with Crippen LogP contribution in [0.15, 0.2) is 36.4 Å². The number of nitrogens with two attached hydrogens (primary N) is 1. The number of carboxylic acid groups (broad SMARTS) is 1. The van der Waals surface area contributed by atoms with Crippen molar-refractivity contribution in [1.82, 2.24) is 0 Å². The number of nitrogens with one attached hydrogen (secondary N) is 1. The molecule has 0 aliphatic carbocycles. The van der Waals surface area contributed by atoms with Crippen LogP contribution in [0.4, 0.5) is 21.5 Å². The minimum atomic E-state index is -1.14. The highest BCUT2D eigenvalue weighted by atomic mass is 19.1. The Kier molecular flexibility index (Phi) is 3.74. The maximum absolute atomic E-state index is 13.7. The SMILES string of the molecule is COc1ccc(F)c(Nc2ccc(N)c(C(=O)O)c2)c1. The van der Waals surface area contributed by atoms with Gasteiger partial charge in [0.05, 0.1) is 18.4 Å². The molecule has 2 aromatic carbocycles. The first-order chi connectivity index (χ1) is 9.51. The monoisotopic (exact) mass is 276 g/mol. The molecule has 0 saturated heterocycles. The van der Waals surface area contributed by atoms with Crippen LogP contribution in [0.2, 0.25) is 0 Å². The lowest BCUT2D eigenvalue weighted by Gasteiger charge is -2.11. The molecule has 2 rings (SSSR count). The van der Waals surface area contributed by atoms with Crippen molar-refractivity contribution in [3.8, 4) is 5.75 Å². The fourth-order valence-electron chi connectivity index (χ4n) is 1.70. The van der Waals surface area contributed by atoms with Crippen molar-refractivity contribution < 1.29 is 19.0 Å². The summed E-state index contributed by atoms with van der Waals surface area (Å²) in [4.78, 5) is 11.0. The van der Waals surface area contributed by atoms with Crippen LogP contribution in [-0.2, 0) is 0 Å². The van der Waals surface area contributed by atoms with E-state index in [-0.39, 0.29) is 16.9 Å². The van der Waals surface area contributed by atoms with Crippen molar-refractivity contribution in [2.75, 3.05) is 18.2 Å². The van der Waals surface area contributed by atoms with E-state index in [0.717, 1.165) is 0 Å². The van der Waals surface area contributed by atoms with Gasteiger partial charge in [-0.25, -0.2) is 9.18 Å². The van der Waals surface area contributed by atoms with Crippen molar-refractivity contribution in [2.45, 2.75) is 0 Å². The molecule has 0 saturated carbocycles. The number of hydrogen-bond acceptors (Lipinski definition) is 4. The molecule has 0 heterocycles. The van der Waals surface area contributed by atoms with Crippen molar-refractivity contribution in [3.63, 3.8) is 0 Å². The molecular weight excluding hydrogens is 263 g/mol. The Morgan fingerprint density at radius 2 is 2.05 bits per heavy atom. The normalized spacial score (nSPS) is 10.1. The summed E-state index contributed by atoms with van der Waals surface area (Å²) in [5.41, 5.74) is 6.27. The van der Waals surface area contributed by atoms with Crippen molar-refractivity contribution >= 4 is 23.0 Å². The summed E-state index contributed by atoms with van der Waals surface area (Å²) in [5, 5.41) is 11.8. The van der Waals surface area contributed by atoms with E-state index in [0.29, 0.717) is 11.4 Å². The molecule has 5 nitrogen and oxygen atoms in total. The van der Waals surface area contributed by atoms with Crippen molar-refractivity contribution in [1.29, 1.82) is 0 Å². The Balaban J connectivity index is 2.35. The molecular formula is C14H13FN2O3. The maximum atomic E-state index is 13.7. The lowest BCUT2D eigenvalue weighted by Crippen LogP contribution is -2.03. The van der Waals surface area contributed by atoms with Crippen LogP contribution < -0.4 is 15.8 Å². The molecule has 0 aliphatic heterocycles. The summed E-state index contributed by atoms with van der Waals surface area (Å²) in [7, 11) is 1.47. The molecule has 0 radical (unpaired) electrons. The third-order valence-electron chi connectivity index (χ3n) is 2.74. The van der Waals surface area contributed by atoms with E-state index in [1.807, 2.05) is 0 Å².